The van der Waals surface area contributed by atoms with Gasteiger partial charge in [0.2, 0.25) is 0 Å². The molecular formula is C18H31NS. The second kappa shape index (κ2) is 9.46. The Kier molecular flexibility index (Phi) is 8.32. The molecule has 1 aromatic rings. The molecule has 0 aliphatic heterocycles. The van der Waals surface area contributed by atoms with Crippen LogP contribution in [0.3, 0.4) is 0 Å². The first-order valence-electron chi connectivity index (χ1n) is 7.97. The largest absolute Gasteiger partial charge is 0.313 e. The number of hydrogen-bond acceptors (Lipinski definition) is 2. The van der Waals surface area contributed by atoms with E-state index in [1.165, 1.54) is 35.3 Å². The number of nitrogens with one attached hydrogen (secondary N) is 1. The molecule has 0 radical (unpaired) electrons. The van der Waals surface area contributed by atoms with Gasteiger partial charge in [-0.15, -0.1) is 0 Å². The third-order valence-electron chi connectivity index (χ3n) is 3.60. The minimum absolute atomic E-state index is 0.593. The molecule has 1 N–H and O–H groups in total. The minimum Gasteiger partial charge on any atom is -0.313 e. The first-order valence-corrected chi connectivity index (χ1v) is 9.02. The molecule has 0 fully saturated rings. The average Bonchev–Trinajstić information content (AvgIpc) is 2.40. The molecule has 0 bridgehead atoms. The maximum absolute atomic E-state index is 3.72. The maximum Gasteiger partial charge on any atom is 0.0198 e. The van der Waals surface area contributed by atoms with Gasteiger partial charge in [-0.25, -0.2) is 0 Å². The Morgan fingerprint density at radius 2 is 1.75 bits per heavy atom. The Morgan fingerprint density at radius 3 is 2.30 bits per heavy atom. The average molecular weight is 294 g/mol. The molecule has 1 aromatic carbocycles. The van der Waals surface area contributed by atoms with Crippen molar-refractivity contribution in [2.24, 2.45) is 0 Å². The molecule has 2 unspecified atom stereocenters. The van der Waals surface area contributed by atoms with Crippen molar-refractivity contribution in [2.45, 2.75) is 65.2 Å². The lowest BCUT2D eigenvalue weighted by Gasteiger charge is -2.20. The molecule has 1 rings (SSSR count). The van der Waals surface area contributed by atoms with E-state index in [0.29, 0.717) is 6.04 Å². The van der Waals surface area contributed by atoms with E-state index in [1.807, 2.05) is 0 Å². The standard InChI is InChI=1S/C18H31NS/c1-6-8-19-18(13-20-16(5)7-2)12-17-10-14(3)9-15(4)11-17/h9-11,16,18-19H,6-8,12-13H2,1-5H3. The van der Waals surface area contributed by atoms with Gasteiger partial charge in [0.1, 0.15) is 0 Å². The van der Waals surface area contributed by atoms with Gasteiger partial charge >= 0.3 is 0 Å². The van der Waals surface area contributed by atoms with Crippen LogP contribution in [-0.2, 0) is 6.42 Å². The molecule has 0 aliphatic carbocycles. The van der Waals surface area contributed by atoms with E-state index in [1.54, 1.807) is 0 Å². The van der Waals surface area contributed by atoms with Crippen LogP contribution in [0.4, 0.5) is 0 Å². The summed E-state index contributed by atoms with van der Waals surface area (Å²) in [5.74, 6) is 1.21. The zero-order valence-corrected chi connectivity index (χ0v) is 14.6. The van der Waals surface area contributed by atoms with E-state index >= 15 is 0 Å². The quantitative estimate of drug-likeness (QED) is 0.705. The Balaban J connectivity index is 2.62. The molecule has 0 saturated carbocycles. The lowest BCUT2D eigenvalue weighted by atomic mass is 10.0. The highest BCUT2D eigenvalue weighted by Crippen LogP contribution is 2.18. The van der Waals surface area contributed by atoms with Crippen molar-refractivity contribution in [3.8, 4) is 0 Å². The van der Waals surface area contributed by atoms with Crippen LogP contribution >= 0.6 is 11.8 Å². The zero-order chi connectivity index (χ0) is 15.0. The highest BCUT2D eigenvalue weighted by molar-refractivity contribution is 7.99. The molecule has 0 spiro atoms. The first-order chi connectivity index (χ1) is 9.55. The van der Waals surface area contributed by atoms with Crippen LogP contribution in [0.2, 0.25) is 0 Å². The van der Waals surface area contributed by atoms with Crippen molar-refractivity contribution in [1.29, 1.82) is 0 Å². The van der Waals surface area contributed by atoms with Gasteiger partial charge in [-0.2, -0.15) is 11.8 Å². The minimum atomic E-state index is 0.593. The third-order valence-corrected chi connectivity index (χ3v) is 5.10. The highest BCUT2D eigenvalue weighted by atomic mass is 32.2. The Hall–Kier alpha value is -0.470. The van der Waals surface area contributed by atoms with Gasteiger partial charge in [0.25, 0.3) is 0 Å². The van der Waals surface area contributed by atoms with Crippen molar-refractivity contribution in [3.05, 3.63) is 34.9 Å². The van der Waals surface area contributed by atoms with Crippen LogP contribution in [0.25, 0.3) is 0 Å². The molecule has 2 atom stereocenters. The van der Waals surface area contributed by atoms with Crippen LogP contribution in [0, 0.1) is 13.8 Å². The van der Waals surface area contributed by atoms with Crippen LogP contribution in [0.15, 0.2) is 18.2 Å². The fourth-order valence-electron chi connectivity index (χ4n) is 2.41. The van der Waals surface area contributed by atoms with E-state index in [0.717, 1.165) is 18.2 Å². The first kappa shape index (κ1) is 17.6. The van der Waals surface area contributed by atoms with Crippen molar-refractivity contribution in [3.63, 3.8) is 0 Å². The molecule has 1 nitrogen and oxygen atoms in total. The predicted octanol–water partition coefficient (Wildman–Crippen LogP) is 4.75. The summed E-state index contributed by atoms with van der Waals surface area (Å²) < 4.78 is 0. The molecule has 0 aromatic heterocycles. The smallest absolute Gasteiger partial charge is 0.0198 e. The normalized spacial score (nSPS) is 14.2. The molecule has 2 heteroatoms. The van der Waals surface area contributed by atoms with Crippen molar-refractivity contribution >= 4 is 11.8 Å². The van der Waals surface area contributed by atoms with Crippen molar-refractivity contribution in [2.75, 3.05) is 12.3 Å². The molecule has 114 valence electrons. The van der Waals surface area contributed by atoms with E-state index in [4.69, 9.17) is 0 Å². The van der Waals surface area contributed by atoms with Crippen molar-refractivity contribution in [1.82, 2.24) is 5.32 Å². The van der Waals surface area contributed by atoms with E-state index in [9.17, 15) is 0 Å². The van der Waals surface area contributed by atoms with Gasteiger partial charge in [0, 0.05) is 17.0 Å². The summed E-state index contributed by atoms with van der Waals surface area (Å²) in [6.07, 6.45) is 3.61. The lowest BCUT2D eigenvalue weighted by molar-refractivity contribution is 0.549. The van der Waals surface area contributed by atoms with Gasteiger partial charge in [-0.1, -0.05) is 50.1 Å². The van der Waals surface area contributed by atoms with E-state index in [-0.39, 0.29) is 0 Å². The third kappa shape index (κ3) is 6.81. The molecular weight excluding hydrogens is 262 g/mol. The SMILES string of the molecule is CCCNC(CSC(C)CC)Cc1cc(C)cc(C)c1. The molecule has 0 heterocycles. The summed E-state index contributed by atoms with van der Waals surface area (Å²) in [6, 6.07) is 7.52. The lowest BCUT2D eigenvalue weighted by Crippen LogP contribution is -2.34. The zero-order valence-electron chi connectivity index (χ0n) is 13.8. The molecule has 20 heavy (non-hydrogen) atoms. The number of benzene rings is 1. The van der Waals surface area contributed by atoms with E-state index < -0.39 is 0 Å². The number of hydrogen-bond donors (Lipinski definition) is 1. The van der Waals surface area contributed by atoms with E-state index in [2.05, 4.69) is 69.9 Å². The fraction of sp³-hybridized carbons (Fsp3) is 0.667. The van der Waals surface area contributed by atoms with Gasteiger partial charge < -0.3 is 5.32 Å². The summed E-state index contributed by atoms with van der Waals surface area (Å²) in [4.78, 5) is 0. The number of aryl methyl sites for hydroxylation is 2. The van der Waals surface area contributed by atoms with Gasteiger partial charge in [0.15, 0.2) is 0 Å². The topological polar surface area (TPSA) is 12.0 Å². The summed E-state index contributed by atoms with van der Waals surface area (Å²) in [7, 11) is 0. The van der Waals surface area contributed by atoms with Gasteiger partial charge in [-0.05, 0) is 45.2 Å². The fourth-order valence-corrected chi connectivity index (χ4v) is 3.44. The summed E-state index contributed by atoms with van der Waals surface area (Å²) in [5.41, 5.74) is 4.23. The summed E-state index contributed by atoms with van der Waals surface area (Å²) >= 11 is 2.10. The second-order valence-corrected chi connectivity index (χ2v) is 7.37. The number of thioether (sulfide) groups is 1. The van der Waals surface area contributed by atoms with Crippen LogP contribution in [0.1, 0.15) is 50.3 Å². The summed E-state index contributed by atoms with van der Waals surface area (Å²) in [5, 5.41) is 4.48. The highest BCUT2D eigenvalue weighted by Gasteiger charge is 2.11. The second-order valence-electron chi connectivity index (χ2n) is 5.90. The Labute approximate surface area is 129 Å². The monoisotopic (exact) mass is 293 g/mol. The molecule has 0 aliphatic rings. The van der Waals surface area contributed by atoms with Gasteiger partial charge in [0.05, 0.1) is 0 Å². The molecule has 0 saturated heterocycles. The summed E-state index contributed by atoms with van der Waals surface area (Å²) in [6.45, 7) is 12.4. The maximum atomic E-state index is 3.72. The predicted molar refractivity (Wildman–Crippen MR) is 93.9 cm³/mol. The van der Waals surface area contributed by atoms with Crippen molar-refractivity contribution < 1.29 is 0 Å². The van der Waals surface area contributed by atoms with Gasteiger partial charge in [-0.3, -0.25) is 0 Å². The molecule has 0 amide bonds. The van der Waals surface area contributed by atoms with Crippen LogP contribution in [-0.4, -0.2) is 23.6 Å². The Morgan fingerprint density at radius 1 is 1.10 bits per heavy atom. The Bertz CT molecular complexity index is 369. The number of rotatable bonds is 9. The van der Waals surface area contributed by atoms with Crippen LogP contribution in [0.5, 0.6) is 0 Å². The van der Waals surface area contributed by atoms with Crippen LogP contribution < -0.4 is 5.32 Å².